The molecule has 0 spiro atoms. The Morgan fingerprint density at radius 3 is 2.21 bits per heavy atom. The molecule has 1 amide bonds. The summed E-state index contributed by atoms with van der Waals surface area (Å²) in [5.41, 5.74) is 3.91. The van der Waals surface area contributed by atoms with Gasteiger partial charge in [0.2, 0.25) is 0 Å². The van der Waals surface area contributed by atoms with Crippen LogP contribution in [0.4, 0.5) is 11.4 Å². The van der Waals surface area contributed by atoms with E-state index in [0.717, 1.165) is 22.6 Å². The second-order valence-corrected chi connectivity index (χ2v) is 10.1. The largest absolute Gasteiger partial charge is 0.495 e. The SMILES string of the molecule is COc1ccccc1N1CCN(C(=O)c2ccc(NS(=O)(=O)c3ccc(C)c(C)c3)cc2)CC1. The van der Waals surface area contributed by atoms with Crippen LogP contribution in [0.3, 0.4) is 0 Å². The summed E-state index contributed by atoms with van der Waals surface area (Å²) in [6, 6.07) is 19.5. The van der Waals surface area contributed by atoms with Gasteiger partial charge in [0.05, 0.1) is 17.7 Å². The number of benzene rings is 3. The predicted molar refractivity (Wildman–Crippen MR) is 134 cm³/mol. The lowest BCUT2D eigenvalue weighted by Crippen LogP contribution is -2.48. The van der Waals surface area contributed by atoms with E-state index in [1.54, 1.807) is 49.6 Å². The molecule has 1 fully saturated rings. The van der Waals surface area contributed by atoms with Crippen LogP contribution in [0.1, 0.15) is 21.5 Å². The molecular formula is C26H29N3O4S. The Morgan fingerprint density at radius 1 is 0.882 bits per heavy atom. The molecule has 178 valence electrons. The van der Waals surface area contributed by atoms with E-state index in [4.69, 9.17) is 4.74 Å². The molecule has 1 N–H and O–H groups in total. The molecule has 4 rings (SSSR count). The van der Waals surface area contributed by atoms with Gasteiger partial charge in [-0.15, -0.1) is 0 Å². The number of carbonyl (C=O) groups excluding carboxylic acids is 1. The molecule has 1 saturated heterocycles. The van der Waals surface area contributed by atoms with E-state index in [1.165, 1.54) is 0 Å². The summed E-state index contributed by atoms with van der Waals surface area (Å²) in [5.74, 6) is 0.754. The number of hydrogen-bond acceptors (Lipinski definition) is 5. The van der Waals surface area contributed by atoms with Gasteiger partial charge in [0.1, 0.15) is 5.75 Å². The highest BCUT2D eigenvalue weighted by Gasteiger charge is 2.24. The van der Waals surface area contributed by atoms with Crippen molar-refractivity contribution in [2.45, 2.75) is 18.7 Å². The highest BCUT2D eigenvalue weighted by molar-refractivity contribution is 7.92. The Kier molecular flexibility index (Phi) is 6.79. The molecule has 8 heteroatoms. The molecule has 34 heavy (non-hydrogen) atoms. The van der Waals surface area contributed by atoms with E-state index in [0.29, 0.717) is 37.4 Å². The number of carbonyl (C=O) groups is 1. The van der Waals surface area contributed by atoms with Gasteiger partial charge in [0.25, 0.3) is 15.9 Å². The second kappa shape index (κ2) is 9.77. The number of nitrogens with one attached hydrogen (secondary N) is 1. The van der Waals surface area contributed by atoms with Crippen LogP contribution in [0.2, 0.25) is 0 Å². The zero-order chi connectivity index (χ0) is 24.3. The molecular weight excluding hydrogens is 450 g/mol. The summed E-state index contributed by atoms with van der Waals surface area (Å²) in [5, 5.41) is 0. The van der Waals surface area contributed by atoms with Crippen molar-refractivity contribution >= 4 is 27.3 Å². The van der Waals surface area contributed by atoms with Gasteiger partial charge in [-0.05, 0) is 73.5 Å². The van der Waals surface area contributed by atoms with Crippen molar-refractivity contribution in [3.8, 4) is 5.75 Å². The standard InChI is InChI=1S/C26H29N3O4S/c1-19-8-13-23(18-20(19)2)34(31,32)27-22-11-9-21(10-12-22)26(30)29-16-14-28(15-17-29)24-6-4-5-7-25(24)33-3/h4-13,18,27H,14-17H2,1-3H3. The first-order chi connectivity index (χ1) is 16.3. The maximum atomic E-state index is 13.0. The van der Waals surface area contributed by atoms with Crippen molar-refractivity contribution in [1.29, 1.82) is 0 Å². The molecule has 0 radical (unpaired) electrons. The van der Waals surface area contributed by atoms with Gasteiger partial charge in [-0.1, -0.05) is 18.2 Å². The third kappa shape index (κ3) is 5.02. The molecule has 0 bridgehead atoms. The molecule has 3 aromatic carbocycles. The van der Waals surface area contributed by atoms with Crippen LogP contribution >= 0.6 is 0 Å². The molecule has 0 unspecified atom stereocenters. The van der Waals surface area contributed by atoms with Gasteiger partial charge >= 0.3 is 0 Å². The lowest BCUT2D eigenvalue weighted by molar-refractivity contribution is 0.0746. The van der Waals surface area contributed by atoms with E-state index >= 15 is 0 Å². The number of piperazine rings is 1. The summed E-state index contributed by atoms with van der Waals surface area (Å²) in [6.07, 6.45) is 0. The van der Waals surface area contributed by atoms with E-state index in [9.17, 15) is 13.2 Å². The van der Waals surface area contributed by atoms with Gasteiger partial charge in [-0.25, -0.2) is 8.42 Å². The zero-order valence-electron chi connectivity index (χ0n) is 19.6. The molecule has 0 aliphatic carbocycles. The van der Waals surface area contributed by atoms with E-state index in [1.807, 2.05) is 43.0 Å². The fourth-order valence-corrected chi connectivity index (χ4v) is 5.14. The van der Waals surface area contributed by atoms with Gasteiger partial charge in [-0.3, -0.25) is 9.52 Å². The van der Waals surface area contributed by atoms with Crippen LogP contribution in [-0.2, 0) is 10.0 Å². The Morgan fingerprint density at radius 2 is 1.56 bits per heavy atom. The molecule has 1 aliphatic rings. The molecule has 0 aromatic heterocycles. The van der Waals surface area contributed by atoms with Crippen LogP contribution in [0.25, 0.3) is 0 Å². The van der Waals surface area contributed by atoms with Crippen LogP contribution < -0.4 is 14.4 Å². The van der Waals surface area contributed by atoms with E-state index in [2.05, 4.69) is 9.62 Å². The van der Waals surface area contributed by atoms with E-state index < -0.39 is 10.0 Å². The summed E-state index contributed by atoms with van der Waals surface area (Å²) >= 11 is 0. The summed E-state index contributed by atoms with van der Waals surface area (Å²) in [6.45, 7) is 6.42. The topological polar surface area (TPSA) is 79.0 Å². The minimum absolute atomic E-state index is 0.0664. The lowest BCUT2D eigenvalue weighted by atomic mass is 10.1. The number of nitrogens with zero attached hydrogens (tertiary/aromatic N) is 2. The van der Waals surface area contributed by atoms with Crippen LogP contribution in [-0.4, -0.2) is 52.5 Å². The van der Waals surface area contributed by atoms with Gasteiger partial charge in [-0.2, -0.15) is 0 Å². The molecule has 3 aromatic rings. The zero-order valence-corrected chi connectivity index (χ0v) is 20.4. The molecule has 1 heterocycles. The third-order valence-corrected chi connectivity index (χ3v) is 7.54. The Bertz CT molecular complexity index is 1280. The third-order valence-electron chi connectivity index (χ3n) is 6.17. The normalized spacial score (nSPS) is 14.1. The highest BCUT2D eigenvalue weighted by Crippen LogP contribution is 2.28. The molecule has 1 aliphatic heterocycles. The lowest BCUT2D eigenvalue weighted by Gasteiger charge is -2.36. The average molecular weight is 480 g/mol. The smallest absolute Gasteiger partial charge is 0.261 e. The predicted octanol–water partition coefficient (Wildman–Crippen LogP) is 4.08. The molecule has 0 saturated carbocycles. The molecule has 0 atom stereocenters. The number of hydrogen-bond donors (Lipinski definition) is 1. The number of amides is 1. The van der Waals surface area contributed by atoms with Crippen LogP contribution in [0.5, 0.6) is 5.75 Å². The monoisotopic (exact) mass is 479 g/mol. The van der Waals surface area contributed by atoms with Crippen molar-refractivity contribution < 1.29 is 17.9 Å². The van der Waals surface area contributed by atoms with Gasteiger partial charge in [0.15, 0.2) is 0 Å². The van der Waals surface area contributed by atoms with Crippen molar-refractivity contribution in [3.63, 3.8) is 0 Å². The fraction of sp³-hybridized carbons (Fsp3) is 0.269. The first-order valence-electron chi connectivity index (χ1n) is 11.2. The minimum Gasteiger partial charge on any atom is -0.495 e. The van der Waals surface area contributed by atoms with Crippen molar-refractivity contribution in [2.24, 2.45) is 0 Å². The average Bonchev–Trinajstić information content (AvgIpc) is 2.85. The Hall–Kier alpha value is -3.52. The number of anilines is 2. The van der Waals surface area contributed by atoms with Crippen LogP contribution in [0.15, 0.2) is 71.6 Å². The van der Waals surface area contributed by atoms with Gasteiger partial charge < -0.3 is 14.5 Å². The number of ether oxygens (including phenoxy) is 1. The number of para-hydroxylation sites is 2. The van der Waals surface area contributed by atoms with E-state index in [-0.39, 0.29) is 10.8 Å². The number of rotatable bonds is 6. The fourth-order valence-electron chi connectivity index (χ4n) is 4.00. The summed E-state index contributed by atoms with van der Waals surface area (Å²) in [4.78, 5) is 17.2. The first-order valence-corrected chi connectivity index (χ1v) is 12.6. The number of methoxy groups -OCH3 is 1. The van der Waals surface area contributed by atoms with Crippen molar-refractivity contribution in [3.05, 3.63) is 83.4 Å². The molecule has 7 nitrogen and oxygen atoms in total. The second-order valence-electron chi connectivity index (χ2n) is 8.38. The van der Waals surface area contributed by atoms with Crippen molar-refractivity contribution in [1.82, 2.24) is 4.90 Å². The maximum Gasteiger partial charge on any atom is 0.261 e. The van der Waals surface area contributed by atoms with Crippen LogP contribution in [0, 0.1) is 13.8 Å². The Balaban J connectivity index is 1.39. The van der Waals surface area contributed by atoms with Crippen molar-refractivity contribution in [2.75, 3.05) is 42.9 Å². The highest BCUT2D eigenvalue weighted by atomic mass is 32.2. The number of sulfonamides is 1. The Labute approximate surface area is 201 Å². The number of aryl methyl sites for hydroxylation is 2. The first kappa shape index (κ1) is 23.6. The van der Waals surface area contributed by atoms with Gasteiger partial charge in [0, 0.05) is 37.4 Å². The maximum absolute atomic E-state index is 13.0. The summed E-state index contributed by atoms with van der Waals surface area (Å²) in [7, 11) is -2.05. The quantitative estimate of drug-likeness (QED) is 0.577. The summed E-state index contributed by atoms with van der Waals surface area (Å²) < 4.78 is 33.5. The minimum atomic E-state index is -3.71.